The van der Waals surface area contributed by atoms with Crippen molar-refractivity contribution in [2.45, 2.75) is 0 Å². The van der Waals surface area contributed by atoms with Crippen molar-refractivity contribution in [1.29, 1.82) is 0 Å². The van der Waals surface area contributed by atoms with Gasteiger partial charge in [-0.1, -0.05) is 17.7 Å². The second-order valence-corrected chi connectivity index (χ2v) is 6.84. The summed E-state index contributed by atoms with van der Waals surface area (Å²) in [6, 6.07) is 6.75. The van der Waals surface area contributed by atoms with Gasteiger partial charge in [0.25, 0.3) is 5.91 Å². The number of H-pyrrole nitrogens is 1. The van der Waals surface area contributed by atoms with Crippen molar-refractivity contribution in [3.63, 3.8) is 0 Å². The second kappa shape index (κ2) is 6.89. The molecule has 0 aliphatic rings. The van der Waals surface area contributed by atoms with Gasteiger partial charge in [-0.25, -0.2) is 23.3 Å². The van der Waals surface area contributed by atoms with Crippen LogP contribution in [0.2, 0.25) is 5.15 Å². The second-order valence-electron chi connectivity index (χ2n) is 6.45. The van der Waals surface area contributed by atoms with Crippen LogP contribution >= 0.6 is 11.6 Å². The summed E-state index contributed by atoms with van der Waals surface area (Å²) in [6.45, 7) is 0. The summed E-state index contributed by atoms with van der Waals surface area (Å²) in [6.07, 6.45) is 5.87. The molecule has 7 nitrogen and oxygen atoms in total. The molecule has 5 aromatic rings. The zero-order valence-corrected chi connectivity index (χ0v) is 15.8. The largest absolute Gasteiger partial charge is 0.344 e. The smallest absolute Gasteiger partial charge is 0.261 e. The predicted octanol–water partition coefficient (Wildman–Crippen LogP) is 4.46. The molecule has 4 aromatic heterocycles. The fourth-order valence-electron chi connectivity index (χ4n) is 3.21. The Morgan fingerprint density at radius 1 is 1.17 bits per heavy atom. The molecule has 0 radical (unpaired) electrons. The summed E-state index contributed by atoms with van der Waals surface area (Å²) >= 11 is 5.92. The topological polar surface area (TPSA) is 88.0 Å². The number of rotatable bonds is 3. The van der Waals surface area contributed by atoms with E-state index in [1.54, 1.807) is 24.5 Å². The van der Waals surface area contributed by atoms with Crippen LogP contribution in [0.3, 0.4) is 0 Å². The van der Waals surface area contributed by atoms with Gasteiger partial charge in [0.15, 0.2) is 5.65 Å². The van der Waals surface area contributed by atoms with Gasteiger partial charge in [0.05, 0.1) is 17.4 Å². The van der Waals surface area contributed by atoms with Gasteiger partial charge in [-0.3, -0.25) is 4.79 Å². The molecule has 5 rings (SSSR count). The number of nitrogens with one attached hydrogen (secondary N) is 2. The normalized spacial score (nSPS) is 11.3. The quantitative estimate of drug-likeness (QED) is 0.419. The third kappa shape index (κ3) is 2.96. The van der Waals surface area contributed by atoms with Crippen molar-refractivity contribution in [2.24, 2.45) is 0 Å². The third-order valence-corrected chi connectivity index (χ3v) is 4.82. The Balaban J connectivity index is 1.55. The lowest BCUT2D eigenvalue weighted by Gasteiger charge is -2.06. The minimum Gasteiger partial charge on any atom is -0.344 e. The number of nitrogens with zero attached hydrogens (tertiary/aromatic N) is 4. The van der Waals surface area contributed by atoms with E-state index in [1.807, 2.05) is 0 Å². The van der Waals surface area contributed by atoms with E-state index in [4.69, 9.17) is 11.6 Å². The molecule has 0 saturated carbocycles. The lowest BCUT2D eigenvalue weighted by Crippen LogP contribution is -2.11. The number of pyridine rings is 1. The van der Waals surface area contributed by atoms with Crippen LogP contribution in [-0.4, -0.2) is 30.5 Å². The van der Waals surface area contributed by atoms with E-state index in [0.29, 0.717) is 22.4 Å². The summed E-state index contributed by atoms with van der Waals surface area (Å²) in [7, 11) is 0. The maximum Gasteiger partial charge on any atom is 0.261 e. The van der Waals surface area contributed by atoms with Crippen LogP contribution in [-0.2, 0) is 0 Å². The number of hydrogen-bond acceptors (Lipinski definition) is 4. The molecule has 1 amide bonds. The van der Waals surface area contributed by atoms with E-state index in [-0.39, 0.29) is 21.8 Å². The Labute approximate surface area is 172 Å². The van der Waals surface area contributed by atoms with E-state index in [0.717, 1.165) is 0 Å². The molecule has 0 saturated heterocycles. The number of anilines is 1. The highest BCUT2D eigenvalue weighted by Crippen LogP contribution is 2.31. The van der Waals surface area contributed by atoms with Crippen LogP contribution in [0.15, 0.2) is 55.1 Å². The van der Waals surface area contributed by atoms with Gasteiger partial charge in [-0.05, 0) is 24.3 Å². The van der Waals surface area contributed by atoms with Gasteiger partial charge in [0, 0.05) is 29.5 Å². The first-order valence-corrected chi connectivity index (χ1v) is 9.12. The number of carbonyl (C=O) groups excluding carboxylic acids is 1. The molecule has 0 unspecified atom stereocenters. The van der Waals surface area contributed by atoms with E-state index in [2.05, 4.69) is 25.4 Å². The molecule has 30 heavy (non-hydrogen) atoms. The van der Waals surface area contributed by atoms with Crippen LogP contribution in [0.1, 0.15) is 10.4 Å². The van der Waals surface area contributed by atoms with Crippen LogP contribution < -0.4 is 5.32 Å². The number of amides is 1. The number of carbonyl (C=O) groups is 1. The van der Waals surface area contributed by atoms with Crippen molar-refractivity contribution in [2.75, 3.05) is 5.32 Å². The minimum atomic E-state index is -0.702. The van der Waals surface area contributed by atoms with Crippen LogP contribution in [0, 0.1) is 11.6 Å². The Hall–Kier alpha value is -3.85. The summed E-state index contributed by atoms with van der Waals surface area (Å²) < 4.78 is 29.8. The van der Waals surface area contributed by atoms with Crippen molar-refractivity contribution in [1.82, 2.24) is 24.6 Å². The molecule has 0 aliphatic carbocycles. The maximum absolute atomic E-state index is 14.2. The van der Waals surface area contributed by atoms with Gasteiger partial charge in [0.1, 0.15) is 28.0 Å². The average Bonchev–Trinajstić information content (AvgIpc) is 3.31. The number of benzene rings is 1. The number of aromatic nitrogens is 5. The summed E-state index contributed by atoms with van der Waals surface area (Å²) in [4.78, 5) is 24.1. The highest BCUT2D eigenvalue weighted by molar-refractivity contribution is 6.29. The number of halogens is 3. The molecular formula is C20H11ClF2N6O. The van der Waals surface area contributed by atoms with Gasteiger partial charge in [-0.2, -0.15) is 5.10 Å². The first-order valence-electron chi connectivity index (χ1n) is 8.74. The van der Waals surface area contributed by atoms with Gasteiger partial charge in [-0.15, -0.1) is 0 Å². The van der Waals surface area contributed by atoms with Crippen molar-refractivity contribution in [3.05, 3.63) is 77.5 Å². The zero-order chi connectivity index (χ0) is 20.8. The number of hydrogen-bond donors (Lipinski definition) is 2. The van der Waals surface area contributed by atoms with E-state index in [1.165, 1.54) is 35.1 Å². The molecule has 0 spiro atoms. The molecule has 0 bridgehead atoms. The monoisotopic (exact) mass is 424 g/mol. The highest BCUT2D eigenvalue weighted by atomic mass is 35.5. The first kappa shape index (κ1) is 18.2. The number of fused-ring (bicyclic) bond motifs is 2. The molecule has 10 heteroatoms. The van der Waals surface area contributed by atoms with Gasteiger partial charge < -0.3 is 10.3 Å². The van der Waals surface area contributed by atoms with Crippen molar-refractivity contribution < 1.29 is 13.6 Å². The molecule has 0 fully saturated rings. The molecule has 0 aliphatic heterocycles. The summed E-state index contributed by atoms with van der Waals surface area (Å²) in [5.41, 5.74) is 1.42. The summed E-state index contributed by atoms with van der Waals surface area (Å²) in [5.74, 6) is -1.87. The van der Waals surface area contributed by atoms with Crippen molar-refractivity contribution in [3.8, 4) is 11.1 Å². The van der Waals surface area contributed by atoms with Crippen LogP contribution in [0.25, 0.3) is 27.8 Å². The van der Waals surface area contributed by atoms with Gasteiger partial charge in [0.2, 0.25) is 0 Å². The average molecular weight is 425 g/mol. The first-order chi connectivity index (χ1) is 14.5. The minimum absolute atomic E-state index is 0.188. The van der Waals surface area contributed by atoms with Crippen molar-refractivity contribution >= 4 is 39.9 Å². The standard InChI is InChI=1S/C20H11ClF2N6O/c21-16-4-5-29-19(28-16)12(8-26-29)20(30)27-15-9-25-18-11(15)6-10(7-24-18)17-13(22)2-1-3-14(17)23/h1-9H,(H,24,25)(H,27,30). The van der Waals surface area contributed by atoms with E-state index in [9.17, 15) is 13.6 Å². The zero-order valence-electron chi connectivity index (χ0n) is 15.0. The van der Waals surface area contributed by atoms with Gasteiger partial charge >= 0.3 is 0 Å². The van der Waals surface area contributed by atoms with Crippen LogP contribution in [0.4, 0.5) is 14.5 Å². The lowest BCUT2D eigenvalue weighted by atomic mass is 10.1. The Kier molecular flexibility index (Phi) is 4.18. The highest BCUT2D eigenvalue weighted by Gasteiger charge is 2.18. The molecule has 4 heterocycles. The fourth-order valence-corrected chi connectivity index (χ4v) is 3.35. The summed E-state index contributed by atoms with van der Waals surface area (Å²) in [5, 5.41) is 7.55. The Bertz CT molecular complexity index is 1420. The molecular weight excluding hydrogens is 414 g/mol. The van der Waals surface area contributed by atoms with E-state index >= 15 is 0 Å². The molecule has 2 N–H and O–H groups in total. The van der Waals surface area contributed by atoms with E-state index < -0.39 is 17.5 Å². The molecule has 1 aromatic carbocycles. The van der Waals surface area contributed by atoms with Crippen LogP contribution in [0.5, 0.6) is 0 Å². The Morgan fingerprint density at radius 3 is 2.77 bits per heavy atom. The lowest BCUT2D eigenvalue weighted by molar-refractivity contribution is 0.102. The molecule has 148 valence electrons. The Morgan fingerprint density at radius 2 is 1.97 bits per heavy atom. The maximum atomic E-state index is 14.2. The predicted molar refractivity (Wildman–Crippen MR) is 107 cm³/mol. The number of aromatic amines is 1. The molecule has 0 atom stereocenters. The SMILES string of the molecule is O=C(Nc1c[nH]c2ncc(-c3c(F)cccc3F)cc12)c1cnn2ccc(Cl)nc12. The third-order valence-electron chi connectivity index (χ3n) is 4.61. The fraction of sp³-hybridized carbons (Fsp3) is 0.